The topological polar surface area (TPSA) is 55.1 Å². The Kier molecular flexibility index (Phi) is 2.52. The molecule has 0 aliphatic carbocycles. The lowest BCUT2D eigenvalue weighted by molar-refractivity contribution is 0.0684. The number of hydrogen-bond acceptors (Lipinski definition) is 2. The number of nitrogens with zero attached hydrogens (tertiary/aromatic N) is 2. The maximum absolute atomic E-state index is 10.7. The van der Waals surface area contributed by atoms with E-state index in [0.29, 0.717) is 17.0 Å². The third kappa shape index (κ3) is 1.36. The zero-order valence-electron chi connectivity index (χ0n) is 6.83. The average molecular weight is 233 g/mol. The molecule has 1 aromatic rings. The molecule has 4 nitrogen and oxygen atoms in total. The number of halogens is 1. The summed E-state index contributed by atoms with van der Waals surface area (Å²) in [4.78, 5) is 14.7. The van der Waals surface area contributed by atoms with Gasteiger partial charge in [-0.2, -0.15) is 0 Å². The first-order chi connectivity index (χ1) is 5.57. The minimum absolute atomic E-state index is 0.254. The average Bonchev–Trinajstić information content (AvgIpc) is 2.24. The van der Waals surface area contributed by atoms with Crippen LogP contribution in [0.3, 0.4) is 0 Å². The van der Waals surface area contributed by atoms with Gasteiger partial charge < -0.3 is 9.67 Å². The normalized spacial score (nSPS) is 10.2. The number of aromatic carboxylic acids is 1. The van der Waals surface area contributed by atoms with Crippen LogP contribution in [0.15, 0.2) is 4.73 Å². The molecule has 0 atom stereocenters. The minimum Gasteiger partial charge on any atom is -0.477 e. The number of carboxylic acid groups (broad SMARTS) is 1. The standard InChI is InChI=1S/C7H9BrN2O2/c1-3-10-5(6(11)12)4(2)9-7(10)8/h3H2,1-2H3,(H,11,12). The van der Waals surface area contributed by atoms with E-state index in [1.165, 1.54) is 0 Å². The number of hydrogen-bond donors (Lipinski definition) is 1. The smallest absolute Gasteiger partial charge is 0.354 e. The lowest BCUT2D eigenvalue weighted by Gasteiger charge is -2.01. The van der Waals surface area contributed by atoms with Crippen molar-refractivity contribution in [3.63, 3.8) is 0 Å². The molecule has 0 fully saturated rings. The number of carboxylic acids is 1. The van der Waals surface area contributed by atoms with E-state index in [1.807, 2.05) is 6.92 Å². The van der Waals surface area contributed by atoms with Crippen molar-refractivity contribution in [3.05, 3.63) is 16.1 Å². The van der Waals surface area contributed by atoms with Gasteiger partial charge in [-0.05, 0) is 29.8 Å². The van der Waals surface area contributed by atoms with E-state index >= 15 is 0 Å². The molecule has 0 unspecified atom stereocenters. The third-order valence-electron chi connectivity index (χ3n) is 1.61. The van der Waals surface area contributed by atoms with Crippen LogP contribution in [0.1, 0.15) is 23.1 Å². The lowest BCUT2D eigenvalue weighted by Crippen LogP contribution is -2.08. The first-order valence-electron chi connectivity index (χ1n) is 3.53. The number of imidazole rings is 1. The first-order valence-corrected chi connectivity index (χ1v) is 4.33. The number of aromatic nitrogens is 2. The molecule has 1 rings (SSSR count). The largest absolute Gasteiger partial charge is 0.477 e. The summed E-state index contributed by atoms with van der Waals surface area (Å²) >= 11 is 3.18. The highest BCUT2D eigenvalue weighted by Gasteiger charge is 2.16. The SMILES string of the molecule is CCn1c(Br)nc(C)c1C(=O)O. The Bertz CT molecular complexity index is 319. The summed E-state index contributed by atoms with van der Waals surface area (Å²) in [5, 5.41) is 8.81. The molecule has 0 aliphatic heterocycles. The highest BCUT2D eigenvalue weighted by molar-refractivity contribution is 9.10. The molecule has 0 radical (unpaired) electrons. The van der Waals surface area contributed by atoms with E-state index in [1.54, 1.807) is 11.5 Å². The molecule has 1 N–H and O–H groups in total. The fourth-order valence-electron chi connectivity index (χ4n) is 1.10. The fourth-order valence-corrected chi connectivity index (χ4v) is 1.79. The van der Waals surface area contributed by atoms with E-state index in [9.17, 15) is 4.79 Å². The predicted molar refractivity (Wildman–Crippen MR) is 47.3 cm³/mol. The van der Waals surface area contributed by atoms with Crippen LogP contribution < -0.4 is 0 Å². The highest BCUT2D eigenvalue weighted by atomic mass is 79.9. The molecule has 0 aromatic carbocycles. The van der Waals surface area contributed by atoms with Gasteiger partial charge in [0.15, 0.2) is 10.4 Å². The van der Waals surface area contributed by atoms with Crippen molar-refractivity contribution in [3.8, 4) is 0 Å². The van der Waals surface area contributed by atoms with Crippen LogP contribution in [0.4, 0.5) is 0 Å². The van der Waals surface area contributed by atoms with Crippen LogP contribution in [0, 0.1) is 6.92 Å². The molecule has 0 spiro atoms. The quantitative estimate of drug-likeness (QED) is 0.845. The van der Waals surface area contributed by atoms with Crippen LogP contribution in [0.5, 0.6) is 0 Å². The van der Waals surface area contributed by atoms with Crippen molar-refractivity contribution in [2.24, 2.45) is 0 Å². The lowest BCUT2D eigenvalue weighted by atomic mass is 10.3. The van der Waals surface area contributed by atoms with Gasteiger partial charge in [-0.15, -0.1) is 0 Å². The number of aryl methyl sites for hydroxylation is 1. The Morgan fingerprint density at radius 2 is 2.33 bits per heavy atom. The summed E-state index contributed by atoms with van der Waals surface area (Å²) in [7, 11) is 0. The highest BCUT2D eigenvalue weighted by Crippen LogP contribution is 2.15. The van der Waals surface area contributed by atoms with Gasteiger partial charge in [-0.1, -0.05) is 0 Å². The van der Waals surface area contributed by atoms with Crippen molar-refractivity contribution in [1.29, 1.82) is 0 Å². The van der Waals surface area contributed by atoms with Crippen LogP contribution in [0.25, 0.3) is 0 Å². The van der Waals surface area contributed by atoms with Gasteiger partial charge in [0.25, 0.3) is 0 Å². The molecule has 12 heavy (non-hydrogen) atoms. The zero-order chi connectivity index (χ0) is 9.30. The molecule has 1 heterocycles. The van der Waals surface area contributed by atoms with Crippen LogP contribution >= 0.6 is 15.9 Å². The van der Waals surface area contributed by atoms with Gasteiger partial charge in [0.2, 0.25) is 0 Å². The van der Waals surface area contributed by atoms with Gasteiger partial charge in [0.1, 0.15) is 0 Å². The maximum atomic E-state index is 10.7. The van der Waals surface area contributed by atoms with Gasteiger partial charge in [-0.25, -0.2) is 9.78 Å². The second kappa shape index (κ2) is 3.26. The van der Waals surface area contributed by atoms with Crippen LogP contribution in [-0.4, -0.2) is 20.6 Å². The molecule has 0 bridgehead atoms. The first kappa shape index (κ1) is 9.25. The van der Waals surface area contributed by atoms with Crippen molar-refractivity contribution in [2.75, 3.05) is 0 Å². The molecule has 0 aliphatic rings. The van der Waals surface area contributed by atoms with E-state index < -0.39 is 5.97 Å². The molecule has 0 saturated carbocycles. The van der Waals surface area contributed by atoms with Crippen LogP contribution in [-0.2, 0) is 6.54 Å². The second-order valence-electron chi connectivity index (χ2n) is 2.36. The van der Waals surface area contributed by atoms with E-state index in [-0.39, 0.29) is 5.69 Å². The van der Waals surface area contributed by atoms with Crippen molar-refractivity contribution < 1.29 is 9.90 Å². The Hall–Kier alpha value is -0.840. The summed E-state index contributed by atoms with van der Waals surface area (Å²) in [6.07, 6.45) is 0. The van der Waals surface area contributed by atoms with Crippen molar-refractivity contribution in [2.45, 2.75) is 20.4 Å². The molecule has 1 aromatic heterocycles. The molecular weight excluding hydrogens is 224 g/mol. The van der Waals surface area contributed by atoms with Crippen molar-refractivity contribution in [1.82, 2.24) is 9.55 Å². The monoisotopic (exact) mass is 232 g/mol. The van der Waals surface area contributed by atoms with E-state index in [4.69, 9.17) is 5.11 Å². The fraction of sp³-hybridized carbons (Fsp3) is 0.429. The molecular formula is C7H9BrN2O2. The van der Waals surface area contributed by atoms with Crippen LogP contribution in [0.2, 0.25) is 0 Å². The molecule has 5 heteroatoms. The Labute approximate surface area is 78.4 Å². The number of rotatable bonds is 2. The van der Waals surface area contributed by atoms with Crippen molar-refractivity contribution >= 4 is 21.9 Å². The summed E-state index contributed by atoms with van der Waals surface area (Å²) < 4.78 is 2.18. The summed E-state index contributed by atoms with van der Waals surface area (Å²) in [5.41, 5.74) is 0.792. The Balaban J connectivity index is 3.32. The second-order valence-corrected chi connectivity index (χ2v) is 3.07. The number of carbonyl (C=O) groups is 1. The zero-order valence-corrected chi connectivity index (χ0v) is 8.42. The van der Waals surface area contributed by atoms with Gasteiger partial charge in [-0.3, -0.25) is 0 Å². The minimum atomic E-state index is -0.937. The predicted octanol–water partition coefficient (Wildman–Crippen LogP) is 1.67. The van der Waals surface area contributed by atoms with Gasteiger partial charge in [0.05, 0.1) is 5.69 Å². The molecule has 66 valence electrons. The van der Waals surface area contributed by atoms with E-state index in [0.717, 1.165) is 0 Å². The van der Waals surface area contributed by atoms with Gasteiger partial charge in [0, 0.05) is 6.54 Å². The molecule has 0 amide bonds. The third-order valence-corrected chi connectivity index (χ3v) is 2.22. The summed E-state index contributed by atoms with van der Waals surface area (Å²) in [6.45, 7) is 4.15. The summed E-state index contributed by atoms with van der Waals surface area (Å²) in [6, 6.07) is 0. The Morgan fingerprint density at radius 1 is 1.75 bits per heavy atom. The Morgan fingerprint density at radius 3 is 2.67 bits per heavy atom. The summed E-state index contributed by atoms with van der Waals surface area (Å²) in [5.74, 6) is -0.937. The maximum Gasteiger partial charge on any atom is 0.354 e. The van der Waals surface area contributed by atoms with E-state index in [2.05, 4.69) is 20.9 Å². The molecule has 0 saturated heterocycles. The van der Waals surface area contributed by atoms with Gasteiger partial charge >= 0.3 is 5.97 Å².